The maximum atomic E-state index is 12.4. The molecular formula is C14H17ClN4O. The van der Waals surface area contributed by atoms with E-state index >= 15 is 0 Å². The largest absolute Gasteiger partial charge is 0.334 e. The van der Waals surface area contributed by atoms with Crippen molar-refractivity contribution in [1.29, 1.82) is 0 Å². The Labute approximate surface area is 123 Å². The molecule has 0 aliphatic heterocycles. The average Bonchev–Trinajstić information content (AvgIpc) is 2.66. The Bertz CT molecular complexity index is 611. The second-order valence-electron chi connectivity index (χ2n) is 4.90. The van der Waals surface area contributed by atoms with E-state index in [1.165, 1.54) is 10.9 Å². The molecule has 5 nitrogen and oxygen atoms in total. The van der Waals surface area contributed by atoms with Crippen LogP contribution in [-0.4, -0.2) is 32.6 Å². The van der Waals surface area contributed by atoms with Crippen molar-refractivity contribution in [2.45, 2.75) is 20.4 Å². The first-order valence-corrected chi connectivity index (χ1v) is 6.63. The van der Waals surface area contributed by atoms with E-state index in [0.717, 1.165) is 17.0 Å². The number of hydrogen-bond donors (Lipinski definition) is 0. The Kier molecular flexibility index (Phi) is 4.09. The molecule has 106 valence electrons. The number of halogens is 1. The molecule has 0 aliphatic rings. The molecule has 0 bridgehead atoms. The molecule has 2 heterocycles. The highest BCUT2D eigenvalue weighted by atomic mass is 35.5. The summed E-state index contributed by atoms with van der Waals surface area (Å²) < 4.78 is 1.48. The van der Waals surface area contributed by atoms with Crippen LogP contribution in [0.5, 0.6) is 0 Å². The van der Waals surface area contributed by atoms with E-state index in [4.69, 9.17) is 11.6 Å². The molecule has 0 saturated carbocycles. The molecule has 2 aromatic rings. The minimum Gasteiger partial charge on any atom is -0.334 e. The summed E-state index contributed by atoms with van der Waals surface area (Å²) in [4.78, 5) is 18.4. The first kappa shape index (κ1) is 14.5. The molecule has 0 saturated heterocycles. The average molecular weight is 293 g/mol. The quantitative estimate of drug-likeness (QED) is 0.872. The fourth-order valence-corrected chi connectivity index (χ4v) is 2.40. The van der Waals surface area contributed by atoms with Crippen molar-refractivity contribution >= 4 is 17.5 Å². The molecule has 0 fully saturated rings. The van der Waals surface area contributed by atoms with Crippen molar-refractivity contribution in [2.75, 3.05) is 7.05 Å². The van der Waals surface area contributed by atoms with E-state index in [1.807, 2.05) is 26.0 Å². The summed E-state index contributed by atoms with van der Waals surface area (Å²) in [7, 11) is 3.42. The van der Waals surface area contributed by atoms with Gasteiger partial charge in [0.15, 0.2) is 0 Å². The molecule has 0 N–H and O–H groups in total. The number of nitrogens with zero attached hydrogens (tertiary/aromatic N) is 4. The van der Waals surface area contributed by atoms with E-state index in [0.29, 0.717) is 17.3 Å². The Morgan fingerprint density at radius 1 is 1.40 bits per heavy atom. The number of rotatable bonds is 3. The van der Waals surface area contributed by atoms with Crippen molar-refractivity contribution < 1.29 is 4.79 Å². The van der Waals surface area contributed by atoms with Crippen molar-refractivity contribution in [3.63, 3.8) is 0 Å². The molecule has 6 heteroatoms. The summed E-state index contributed by atoms with van der Waals surface area (Å²) in [6, 6.07) is 3.98. The smallest absolute Gasteiger partial charge is 0.273 e. The van der Waals surface area contributed by atoms with Gasteiger partial charge in [-0.2, -0.15) is 5.10 Å². The predicted molar refractivity (Wildman–Crippen MR) is 77.7 cm³/mol. The Morgan fingerprint density at radius 3 is 2.65 bits per heavy atom. The summed E-state index contributed by atoms with van der Waals surface area (Å²) in [5.74, 6) is -0.170. The monoisotopic (exact) mass is 292 g/mol. The molecule has 2 rings (SSSR count). The highest BCUT2D eigenvalue weighted by molar-refractivity contribution is 6.33. The summed E-state index contributed by atoms with van der Waals surface area (Å²) in [6.07, 6.45) is 1.47. The van der Waals surface area contributed by atoms with Gasteiger partial charge in [0.2, 0.25) is 0 Å². The molecule has 20 heavy (non-hydrogen) atoms. The van der Waals surface area contributed by atoms with Gasteiger partial charge < -0.3 is 4.90 Å². The standard InChI is InChI=1S/C14H17ClN4O/c1-9-5-10(2)17-11(6-9)8-18(3)14(20)13-12(15)7-16-19(13)4/h5-7H,8H2,1-4H3. The third-order valence-corrected chi connectivity index (χ3v) is 3.27. The normalized spacial score (nSPS) is 10.7. The van der Waals surface area contributed by atoms with E-state index in [9.17, 15) is 4.79 Å². The van der Waals surface area contributed by atoms with Gasteiger partial charge in [0.1, 0.15) is 5.69 Å². The first-order valence-electron chi connectivity index (χ1n) is 6.25. The van der Waals surface area contributed by atoms with Crippen molar-refractivity contribution in [1.82, 2.24) is 19.7 Å². The number of carbonyl (C=O) groups is 1. The van der Waals surface area contributed by atoms with E-state index < -0.39 is 0 Å². The fourth-order valence-electron chi connectivity index (χ4n) is 2.15. The van der Waals surface area contributed by atoms with Crippen LogP contribution >= 0.6 is 11.6 Å². The lowest BCUT2D eigenvalue weighted by Gasteiger charge is -2.17. The highest BCUT2D eigenvalue weighted by Gasteiger charge is 2.20. The number of aromatic nitrogens is 3. The Hall–Kier alpha value is -1.88. The number of pyridine rings is 1. The maximum Gasteiger partial charge on any atom is 0.273 e. The van der Waals surface area contributed by atoms with Gasteiger partial charge >= 0.3 is 0 Å². The first-order chi connectivity index (χ1) is 9.38. The Morgan fingerprint density at radius 2 is 2.10 bits per heavy atom. The number of aryl methyl sites for hydroxylation is 3. The summed E-state index contributed by atoms with van der Waals surface area (Å²) in [6.45, 7) is 4.39. The van der Waals surface area contributed by atoms with Crippen molar-refractivity contribution in [2.24, 2.45) is 7.05 Å². The molecule has 2 aromatic heterocycles. The zero-order valence-corrected chi connectivity index (χ0v) is 12.8. The van der Waals surface area contributed by atoms with Crippen LogP contribution in [0.2, 0.25) is 5.02 Å². The topological polar surface area (TPSA) is 51.0 Å². The summed E-state index contributed by atoms with van der Waals surface area (Å²) in [5.41, 5.74) is 3.32. The highest BCUT2D eigenvalue weighted by Crippen LogP contribution is 2.17. The van der Waals surface area contributed by atoms with Crippen LogP contribution in [0.3, 0.4) is 0 Å². The molecular weight excluding hydrogens is 276 g/mol. The molecule has 0 unspecified atom stereocenters. The maximum absolute atomic E-state index is 12.4. The third-order valence-electron chi connectivity index (χ3n) is 2.99. The summed E-state index contributed by atoms with van der Waals surface area (Å²) in [5, 5.41) is 4.34. The van der Waals surface area contributed by atoms with Gasteiger partial charge in [0.05, 0.1) is 23.5 Å². The predicted octanol–water partition coefficient (Wildman–Crippen LogP) is 2.36. The molecule has 0 radical (unpaired) electrons. The van der Waals surface area contributed by atoms with E-state index in [2.05, 4.69) is 10.1 Å². The SMILES string of the molecule is Cc1cc(C)nc(CN(C)C(=O)c2c(Cl)cnn2C)c1. The zero-order chi connectivity index (χ0) is 14.9. The van der Waals surface area contributed by atoms with Gasteiger partial charge in [-0.3, -0.25) is 14.5 Å². The van der Waals surface area contributed by atoms with E-state index in [-0.39, 0.29) is 5.91 Å². The van der Waals surface area contributed by atoms with Crippen LogP contribution in [0, 0.1) is 13.8 Å². The fraction of sp³-hybridized carbons (Fsp3) is 0.357. The number of carbonyl (C=O) groups excluding carboxylic acids is 1. The van der Waals surface area contributed by atoms with Crippen LogP contribution in [0.1, 0.15) is 27.4 Å². The second kappa shape index (κ2) is 5.63. The molecule has 1 amide bonds. The molecule has 0 spiro atoms. The van der Waals surface area contributed by atoms with Crippen LogP contribution in [0.4, 0.5) is 0 Å². The summed E-state index contributed by atoms with van der Waals surface area (Å²) >= 11 is 5.99. The Balaban J connectivity index is 2.20. The minimum atomic E-state index is -0.170. The lowest BCUT2D eigenvalue weighted by molar-refractivity contribution is 0.0772. The van der Waals surface area contributed by atoms with Crippen molar-refractivity contribution in [3.8, 4) is 0 Å². The lowest BCUT2D eigenvalue weighted by atomic mass is 10.2. The van der Waals surface area contributed by atoms with Crippen LogP contribution in [-0.2, 0) is 13.6 Å². The minimum absolute atomic E-state index is 0.170. The van der Waals surface area contributed by atoms with Crippen LogP contribution < -0.4 is 0 Å². The number of hydrogen-bond acceptors (Lipinski definition) is 3. The van der Waals surface area contributed by atoms with E-state index in [1.54, 1.807) is 19.0 Å². The van der Waals surface area contributed by atoms with Crippen molar-refractivity contribution in [3.05, 3.63) is 46.0 Å². The second-order valence-corrected chi connectivity index (χ2v) is 5.31. The lowest BCUT2D eigenvalue weighted by Crippen LogP contribution is -2.28. The third kappa shape index (κ3) is 2.99. The van der Waals surface area contributed by atoms with Gasteiger partial charge in [0.25, 0.3) is 5.91 Å². The van der Waals surface area contributed by atoms with Gasteiger partial charge in [-0.05, 0) is 31.5 Å². The van der Waals surface area contributed by atoms with Crippen LogP contribution in [0.15, 0.2) is 18.3 Å². The van der Waals surface area contributed by atoms with Gasteiger partial charge in [-0.25, -0.2) is 0 Å². The number of amides is 1. The van der Waals surface area contributed by atoms with Gasteiger partial charge in [-0.1, -0.05) is 11.6 Å². The molecule has 0 aliphatic carbocycles. The van der Waals surface area contributed by atoms with Crippen LogP contribution in [0.25, 0.3) is 0 Å². The zero-order valence-electron chi connectivity index (χ0n) is 12.0. The van der Waals surface area contributed by atoms with Gasteiger partial charge in [0, 0.05) is 19.8 Å². The molecule has 0 aromatic carbocycles. The van der Waals surface area contributed by atoms with Gasteiger partial charge in [-0.15, -0.1) is 0 Å². The molecule has 0 atom stereocenters.